The van der Waals surface area contributed by atoms with Gasteiger partial charge in [-0.1, -0.05) is 96.7 Å². The summed E-state index contributed by atoms with van der Waals surface area (Å²) in [5.74, 6) is -0.624. The van der Waals surface area contributed by atoms with E-state index in [1.54, 1.807) is 54.6 Å². The SMILES string of the molecule is COc1ccc(C)cc1N(CC(=O)N(Cc1ccc(Cl)cc1Cl)[C@@H](Cc1ccccc1)C(=O)NC1CCCC1)S(=O)(=O)c1ccccc1. The largest absolute Gasteiger partial charge is 0.495 e. The molecule has 8 nitrogen and oxygen atoms in total. The van der Waals surface area contributed by atoms with Crippen LogP contribution >= 0.6 is 23.2 Å². The third-order valence-electron chi connectivity index (χ3n) is 8.54. The summed E-state index contributed by atoms with van der Waals surface area (Å²) in [5, 5.41) is 3.92. The summed E-state index contributed by atoms with van der Waals surface area (Å²) < 4.78 is 35.3. The number of benzene rings is 4. The number of nitrogens with one attached hydrogen (secondary N) is 1. The average molecular weight is 709 g/mol. The summed E-state index contributed by atoms with van der Waals surface area (Å²) >= 11 is 12.8. The Morgan fingerprint density at radius 3 is 2.23 bits per heavy atom. The summed E-state index contributed by atoms with van der Waals surface area (Å²) in [6.45, 7) is 1.16. The fourth-order valence-electron chi connectivity index (χ4n) is 5.98. The Bertz CT molecular complexity index is 1830. The molecule has 1 N–H and O–H groups in total. The van der Waals surface area contributed by atoms with Gasteiger partial charge in [0.25, 0.3) is 10.0 Å². The van der Waals surface area contributed by atoms with Crippen LogP contribution in [-0.4, -0.2) is 50.9 Å². The average Bonchev–Trinajstić information content (AvgIpc) is 3.59. The van der Waals surface area contributed by atoms with Gasteiger partial charge in [-0.2, -0.15) is 0 Å². The zero-order valence-electron chi connectivity index (χ0n) is 26.9. The van der Waals surface area contributed by atoms with Crippen LogP contribution in [0.3, 0.4) is 0 Å². The van der Waals surface area contributed by atoms with Crippen molar-refractivity contribution in [1.29, 1.82) is 0 Å². The number of sulfonamides is 1. The van der Waals surface area contributed by atoms with Gasteiger partial charge in [-0.25, -0.2) is 8.42 Å². The highest BCUT2D eigenvalue weighted by molar-refractivity contribution is 7.92. The normalized spacial score (nSPS) is 13.9. The molecule has 1 aliphatic rings. The van der Waals surface area contributed by atoms with Crippen LogP contribution in [0.2, 0.25) is 10.0 Å². The lowest BCUT2D eigenvalue weighted by Crippen LogP contribution is -2.54. The summed E-state index contributed by atoms with van der Waals surface area (Å²) in [6, 6.07) is 26.5. The lowest BCUT2D eigenvalue weighted by atomic mass is 10.0. The number of halogens is 2. The Labute approximate surface area is 292 Å². The number of ether oxygens (including phenoxy) is 1. The number of hydrogen-bond acceptors (Lipinski definition) is 5. The minimum atomic E-state index is -4.28. The molecule has 0 aromatic heterocycles. The Hall–Kier alpha value is -4.05. The van der Waals surface area contributed by atoms with Gasteiger partial charge in [-0.15, -0.1) is 0 Å². The van der Waals surface area contributed by atoms with Gasteiger partial charge < -0.3 is 15.0 Å². The zero-order valence-corrected chi connectivity index (χ0v) is 29.3. The number of hydrogen-bond donors (Lipinski definition) is 1. The van der Waals surface area contributed by atoms with Crippen molar-refractivity contribution in [2.45, 2.75) is 62.6 Å². The first-order valence-corrected chi connectivity index (χ1v) is 18.1. The fourth-order valence-corrected chi connectivity index (χ4v) is 7.89. The quantitative estimate of drug-likeness (QED) is 0.159. The van der Waals surface area contributed by atoms with E-state index in [0.29, 0.717) is 15.6 Å². The van der Waals surface area contributed by atoms with Crippen molar-refractivity contribution in [2.75, 3.05) is 18.0 Å². The number of methoxy groups -OCH3 is 1. The van der Waals surface area contributed by atoms with Crippen LogP contribution in [0.4, 0.5) is 5.69 Å². The maximum absolute atomic E-state index is 14.8. The molecule has 5 rings (SSSR count). The van der Waals surface area contributed by atoms with E-state index >= 15 is 0 Å². The van der Waals surface area contributed by atoms with Crippen LogP contribution in [0.1, 0.15) is 42.4 Å². The number of rotatable bonds is 13. The van der Waals surface area contributed by atoms with Gasteiger partial charge in [0.2, 0.25) is 11.8 Å². The zero-order chi connectivity index (χ0) is 34.3. The molecule has 0 radical (unpaired) electrons. The Morgan fingerprint density at radius 1 is 0.917 bits per heavy atom. The standard InChI is InChI=1S/C37H39Cl2N3O5S/c1-26-17-20-35(47-2)33(21-26)42(48(45,46)31-15-7-4-8-16-31)25-36(43)41(24-28-18-19-29(38)23-32(28)39)34(22-27-11-5-3-6-12-27)37(44)40-30-13-9-10-14-30/h3-8,11-12,15-21,23,30,34H,9-10,13-14,22,24-25H2,1-2H3,(H,40,44)/t34-/m0/s1. The fraction of sp³-hybridized carbons (Fsp3) is 0.297. The molecule has 1 fully saturated rings. The number of anilines is 1. The highest BCUT2D eigenvalue weighted by atomic mass is 35.5. The van der Waals surface area contributed by atoms with Crippen molar-refractivity contribution in [2.24, 2.45) is 0 Å². The van der Waals surface area contributed by atoms with Crippen LogP contribution in [0.25, 0.3) is 0 Å². The first-order chi connectivity index (χ1) is 23.1. The lowest BCUT2D eigenvalue weighted by molar-refractivity contribution is -0.140. The lowest BCUT2D eigenvalue weighted by Gasteiger charge is -2.35. The monoisotopic (exact) mass is 707 g/mol. The highest BCUT2D eigenvalue weighted by Gasteiger charge is 2.36. The maximum Gasteiger partial charge on any atom is 0.264 e. The molecule has 0 spiro atoms. The summed E-state index contributed by atoms with van der Waals surface area (Å²) in [4.78, 5) is 30.4. The molecule has 1 aliphatic carbocycles. The molecule has 0 bridgehead atoms. The van der Waals surface area contributed by atoms with Crippen LogP contribution in [-0.2, 0) is 32.6 Å². The second-order valence-corrected chi connectivity index (χ2v) is 14.7. The van der Waals surface area contributed by atoms with E-state index in [9.17, 15) is 18.0 Å². The van der Waals surface area contributed by atoms with Crippen molar-refractivity contribution >= 4 is 50.7 Å². The van der Waals surface area contributed by atoms with E-state index in [1.807, 2.05) is 37.3 Å². The number of carbonyl (C=O) groups is 2. The second-order valence-electron chi connectivity index (χ2n) is 12.0. The molecule has 0 unspecified atom stereocenters. The third kappa shape index (κ3) is 8.50. The smallest absolute Gasteiger partial charge is 0.264 e. The van der Waals surface area contributed by atoms with Gasteiger partial charge in [0, 0.05) is 29.1 Å². The van der Waals surface area contributed by atoms with E-state index < -0.39 is 28.5 Å². The first kappa shape index (κ1) is 35.3. The maximum atomic E-state index is 14.8. The molecular formula is C37H39Cl2N3O5S. The molecule has 4 aromatic rings. The minimum absolute atomic E-state index is 0.00152. The van der Waals surface area contributed by atoms with Crippen LogP contribution < -0.4 is 14.4 Å². The van der Waals surface area contributed by atoms with Gasteiger partial charge in [0.05, 0.1) is 17.7 Å². The van der Waals surface area contributed by atoms with Crippen molar-refractivity contribution in [1.82, 2.24) is 10.2 Å². The molecule has 2 amide bonds. The van der Waals surface area contributed by atoms with Crippen LogP contribution in [0.5, 0.6) is 5.75 Å². The van der Waals surface area contributed by atoms with Crippen molar-refractivity contribution in [3.8, 4) is 5.75 Å². The molecule has 0 saturated heterocycles. The van der Waals surface area contributed by atoms with E-state index in [4.69, 9.17) is 27.9 Å². The number of aryl methyl sites for hydroxylation is 1. The Kier molecular flexibility index (Phi) is 11.7. The molecule has 1 atom stereocenters. The second kappa shape index (κ2) is 15.9. The van der Waals surface area contributed by atoms with Crippen molar-refractivity contribution < 1.29 is 22.7 Å². The van der Waals surface area contributed by atoms with Gasteiger partial charge in [0.1, 0.15) is 18.3 Å². The summed E-state index contributed by atoms with van der Waals surface area (Å²) in [7, 11) is -2.83. The van der Waals surface area contributed by atoms with Crippen LogP contribution in [0.15, 0.2) is 102 Å². The van der Waals surface area contributed by atoms with E-state index in [0.717, 1.165) is 41.1 Å². The molecular weight excluding hydrogens is 669 g/mol. The summed E-state index contributed by atoms with van der Waals surface area (Å²) in [6.07, 6.45) is 3.95. The molecule has 4 aromatic carbocycles. The molecule has 0 heterocycles. The van der Waals surface area contributed by atoms with Gasteiger partial charge in [-0.3, -0.25) is 13.9 Å². The van der Waals surface area contributed by atoms with E-state index in [-0.39, 0.29) is 41.2 Å². The molecule has 252 valence electrons. The Morgan fingerprint density at radius 2 is 1.58 bits per heavy atom. The molecule has 48 heavy (non-hydrogen) atoms. The van der Waals surface area contributed by atoms with Gasteiger partial charge in [0.15, 0.2) is 0 Å². The summed E-state index contributed by atoms with van der Waals surface area (Å²) in [5.41, 5.74) is 2.38. The third-order valence-corrected chi connectivity index (χ3v) is 10.9. The predicted molar refractivity (Wildman–Crippen MR) is 190 cm³/mol. The number of carbonyl (C=O) groups excluding carboxylic acids is 2. The number of nitrogens with zero attached hydrogens (tertiary/aromatic N) is 2. The highest BCUT2D eigenvalue weighted by Crippen LogP contribution is 2.34. The van der Waals surface area contributed by atoms with Crippen molar-refractivity contribution in [3.63, 3.8) is 0 Å². The van der Waals surface area contributed by atoms with Gasteiger partial charge >= 0.3 is 0 Å². The van der Waals surface area contributed by atoms with Gasteiger partial charge in [-0.05, 0) is 72.9 Å². The van der Waals surface area contributed by atoms with E-state index in [1.165, 1.54) is 24.1 Å². The predicted octanol–water partition coefficient (Wildman–Crippen LogP) is 7.20. The molecule has 11 heteroatoms. The van der Waals surface area contributed by atoms with Crippen molar-refractivity contribution in [3.05, 3.63) is 124 Å². The Balaban J connectivity index is 1.61. The molecule has 1 saturated carbocycles. The first-order valence-electron chi connectivity index (χ1n) is 15.9. The van der Waals surface area contributed by atoms with Crippen LogP contribution in [0, 0.1) is 6.92 Å². The minimum Gasteiger partial charge on any atom is -0.495 e. The molecule has 0 aliphatic heterocycles. The van der Waals surface area contributed by atoms with E-state index in [2.05, 4.69) is 5.32 Å². The number of amides is 2. The topological polar surface area (TPSA) is 96.0 Å².